The van der Waals surface area contributed by atoms with Crippen LogP contribution in [0.25, 0.3) is 0 Å². The molecular weight excluding hydrogens is 1040 g/mol. The number of halogens is 4. The fourth-order valence-corrected chi connectivity index (χ4v) is 5.43. The number of rotatable bonds is 6. The molecule has 0 atom stereocenters. The first-order chi connectivity index (χ1) is 25.1. The molecule has 0 fully saturated rings. The molecule has 0 saturated carbocycles. The summed E-state index contributed by atoms with van der Waals surface area (Å²) in [6.07, 6.45) is 7.58. The van der Waals surface area contributed by atoms with Gasteiger partial charge in [-0.15, -0.1) is 11.8 Å². The van der Waals surface area contributed by atoms with Crippen molar-refractivity contribution in [3.8, 4) is 0 Å². The van der Waals surface area contributed by atoms with E-state index in [1.807, 2.05) is 42.5 Å². The zero-order chi connectivity index (χ0) is 39.9. The third-order valence-electron chi connectivity index (χ3n) is 6.27. The van der Waals surface area contributed by atoms with Crippen molar-refractivity contribution in [3.05, 3.63) is 127 Å². The zero-order valence-electron chi connectivity index (χ0n) is 32.2. The molecule has 0 amide bonds. The number of aromatic nitrogens is 11. The number of carbonyl (C=O) groups is 1. The molecule has 0 spiro atoms. The van der Waals surface area contributed by atoms with Crippen LogP contribution < -0.4 is 40.5 Å². The summed E-state index contributed by atoms with van der Waals surface area (Å²) in [7, 11) is 7.36. The number of nitrogens with zero attached hydrogens (tertiary/aromatic N) is 8. The Labute approximate surface area is 387 Å². The molecule has 3 radical (unpaired) electrons. The van der Waals surface area contributed by atoms with Gasteiger partial charge in [0.15, 0.2) is 16.5 Å². The van der Waals surface area contributed by atoms with E-state index in [-0.39, 0.29) is 61.0 Å². The average molecular weight is 1080 g/mol. The molecule has 0 bridgehead atoms. The Balaban J connectivity index is -0.000000622. The predicted molar refractivity (Wildman–Crippen MR) is 236 cm³/mol. The van der Waals surface area contributed by atoms with Crippen molar-refractivity contribution in [3.63, 3.8) is 0 Å². The quantitative estimate of drug-likeness (QED) is 0.0474. The van der Waals surface area contributed by atoms with E-state index in [9.17, 15) is 14.4 Å². The third-order valence-corrected chi connectivity index (χ3v) is 8.02. The summed E-state index contributed by atoms with van der Waals surface area (Å²) in [5, 5.41) is 26.0. The molecule has 0 aliphatic heterocycles. The molecule has 24 heteroatoms. The van der Waals surface area contributed by atoms with Crippen molar-refractivity contribution < 1.29 is 40.9 Å². The fraction of sp³-hybridized carbons (Fsp3) is 0.290. The first-order valence-electron chi connectivity index (χ1n) is 15.0. The minimum absolute atomic E-state index is 0. The maximum absolute atomic E-state index is 11.3. The van der Waals surface area contributed by atoms with E-state index >= 15 is 0 Å². The monoisotopic (exact) mass is 1080 g/mol. The van der Waals surface area contributed by atoms with Gasteiger partial charge in [-0.05, 0) is 96.8 Å². The number of nitrogens with one attached hydrogen (secondary N) is 3. The number of hydrogen-bond donors (Lipinski definition) is 4. The maximum atomic E-state index is 11.3. The van der Waals surface area contributed by atoms with Gasteiger partial charge in [0.1, 0.15) is 9.72 Å². The first-order valence-corrected chi connectivity index (χ1v) is 24.9. The van der Waals surface area contributed by atoms with E-state index in [0.717, 1.165) is 45.2 Å². The summed E-state index contributed by atoms with van der Waals surface area (Å²) in [6.45, 7) is 3.73. The van der Waals surface area contributed by atoms with Gasteiger partial charge in [-0.2, -0.15) is 20.4 Å². The maximum Gasteiger partial charge on any atom is 1.00 e. The van der Waals surface area contributed by atoms with Crippen LogP contribution in [0.4, 0.5) is 0 Å². The van der Waals surface area contributed by atoms with E-state index in [1.54, 1.807) is 86.5 Å². The van der Waals surface area contributed by atoms with Gasteiger partial charge in [0.25, 0.3) is 5.56 Å². The number of aromatic amines is 3. The van der Waals surface area contributed by atoms with Crippen molar-refractivity contribution in [2.45, 2.75) is 36.6 Å². The number of carbonyl (C=O) groups excluding carboxylic acids is 1. The van der Waals surface area contributed by atoms with Crippen LogP contribution >= 0.6 is 90.4 Å². The number of H-pyrrole nitrogens is 3. The van der Waals surface area contributed by atoms with Gasteiger partial charge < -0.3 is 16.5 Å². The minimum Gasteiger partial charge on any atom is -1.00 e. The number of aldehydes is 1. The van der Waals surface area contributed by atoms with E-state index in [1.165, 1.54) is 16.4 Å². The Morgan fingerprint density at radius 2 is 1.27 bits per heavy atom. The summed E-state index contributed by atoms with van der Waals surface area (Å²) in [4.78, 5) is 40.2. The molecule has 6 aromatic heterocycles. The normalized spacial score (nSPS) is 9.45. The van der Waals surface area contributed by atoms with Gasteiger partial charge in [0.2, 0.25) is 0 Å². The van der Waals surface area contributed by atoms with Gasteiger partial charge in [-0.25, -0.2) is 0 Å². The Hall–Kier alpha value is -1.72. The number of pyridine rings is 1. The average Bonchev–Trinajstić information content (AvgIpc) is 3.89. The Bertz CT molecular complexity index is 2060. The number of aliphatic hydroxyl groups is 1. The summed E-state index contributed by atoms with van der Waals surface area (Å²) in [6, 6.07) is 12.1. The molecule has 15 nitrogen and oxygen atoms in total. The van der Waals surface area contributed by atoms with Crippen molar-refractivity contribution in [2.75, 3.05) is 0 Å². The van der Waals surface area contributed by atoms with Gasteiger partial charge in [0, 0.05) is 113 Å². The summed E-state index contributed by atoms with van der Waals surface area (Å²) in [5.41, 5.74) is 5.33. The fourth-order valence-electron chi connectivity index (χ4n) is 3.60. The second-order valence-corrected chi connectivity index (χ2v) is 27.6. The molecule has 0 saturated heterocycles. The molecule has 6 aromatic rings. The number of aryl methyl sites for hydroxylation is 6. The van der Waals surface area contributed by atoms with E-state index < -0.39 is 0 Å². The predicted octanol–water partition coefficient (Wildman–Crippen LogP) is 4.04. The number of alkyl halides is 1. The van der Waals surface area contributed by atoms with Gasteiger partial charge >= 0.3 is 29.6 Å². The molecule has 0 unspecified atom stereocenters. The molecule has 0 aliphatic rings. The van der Waals surface area contributed by atoms with Crippen LogP contribution in [0.3, 0.4) is 0 Å². The summed E-state index contributed by atoms with van der Waals surface area (Å²) >= 11 is 19.1. The largest absolute Gasteiger partial charge is 1.00 e. The molecule has 0 aliphatic carbocycles. The standard InChI is InChI=1S/C11H13N3OS.C5H7BrN2.C5H6N2OS.C5H8N2O.C5H6N2O.B.Br3P.Na.H/c1-8-5-10(15)6-11(13-8)16-7-9-3-4-12-14(9)2;1-8-5(4-6)2-3-7-8;1-3-2-4(8)7-5(9)6-3;2*1-7-5(4-8)2-3-6-7;;1-4(2)3;;/h3-6H,7H2,1-2H3,(H,13,15);2-3H,4H2,1H3;2H,1H3,(H2,6,7,8,9);2-3,8H,4H2,1H3;2-4H,1H3;;;;/q;;;;;;;+1;-1. The molecule has 0 aromatic carbocycles. The van der Waals surface area contributed by atoms with Crippen LogP contribution in [0.15, 0.2) is 81.9 Å². The topological polar surface area (TPSA) is 190 Å². The van der Waals surface area contributed by atoms with Crippen LogP contribution in [-0.4, -0.2) is 73.9 Å². The number of aliphatic hydroxyl groups excluding tert-OH is 1. The van der Waals surface area contributed by atoms with Crippen LogP contribution in [0.2, 0.25) is 0 Å². The SMILES string of the molecule is BrP(Br)Br.Cc1cc(=O)[nH]c(=S)[nH]1.Cc1cc(=O)cc(SCc2ccnn2C)[nH]1.Cn1nccc1C=O.Cn1nccc1CBr.Cn1nccc1CO.[B].[H-].[Na+]. The zero-order valence-corrected chi connectivity index (χ0v) is 42.0. The Kier molecular flexibility index (Phi) is 31.5. The summed E-state index contributed by atoms with van der Waals surface area (Å²) < 4.78 is 7.03. The molecular formula is C31H41BBr4N11NaO4PS2. The van der Waals surface area contributed by atoms with Crippen molar-refractivity contribution >= 4 is 105 Å². The van der Waals surface area contributed by atoms with E-state index in [4.69, 9.17) is 5.11 Å². The summed E-state index contributed by atoms with van der Waals surface area (Å²) in [5.74, 6) is 0.801. The van der Waals surface area contributed by atoms with Crippen LogP contribution in [-0.2, 0) is 45.9 Å². The molecule has 4 N–H and O–H groups in total. The minimum atomic E-state index is -0.183. The van der Waals surface area contributed by atoms with Gasteiger partial charge in [-0.3, -0.25) is 38.1 Å². The Morgan fingerprint density at radius 3 is 1.60 bits per heavy atom. The molecule has 6 rings (SSSR count). The third kappa shape index (κ3) is 24.6. The van der Waals surface area contributed by atoms with Crippen molar-refractivity contribution in [1.82, 2.24) is 54.1 Å². The molecule has 6 heterocycles. The Morgan fingerprint density at radius 1 is 0.800 bits per heavy atom. The van der Waals surface area contributed by atoms with Crippen molar-refractivity contribution in [2.24, 2.45) is 28.2 Å². The van der Waals surface area contributed by atoms with Crippen LogP contribution in [0.1, 0.15) is 40.4 Å². The van der Waals surface area contributed by atoms with E-state index in [0.29, 0.717) is 10.5 Å². The van der Waals surface area contributed by atoms with Crippen LogP contribution in [0.5, 0.6) is 0 Å². The molecule has 55 heavy (non-hydrogen) atoms. The number of hydrogen-bond acceptors (Lipinski definition) is 10. The second kappa shape index (κ2) is 31.3. The van der Waals surface area contributed by atoms with Crippen molar-refractivity contribution in [1.29, 1.82) is 0 Å². The number of thioether (sulfide) groups is 1. The van der Waals surface area contributed by atoms with Gasteiger partial charge in [0.05, 0.1) is 17.3 Å². The smallest absolute Gasteiger partial charge is 1.00 e. The van der Waals surface area contributed by atoms with Crippen LogP contribution in [0, 0.1) is 18.6 Å². The van der Waals surface area contributed by atoms with E-state index in [2.05, 4.69) is 110 Å². The first kappa shape index (κ1) is 55.4. The second-order valence-electron chi connectivity index (χ2n) is 10.2. The van der Waals surface area contributed by atoms with Gasteiger partial charge in [-0.1, -0.05) is 15.9 Å². The molecule has 293 valence electrons.